The minimum atomic E-state index is -0.444. The predicted molar refractivity (Wildman–Crippen MR) is 58.4 cm³/mol. The summed E-state index contributed by atoms with van der Waals surface area (Å²) in [5, 5.41) is 0. The number of Topliss-reactive ketones (excluding diaryl/α,β-unsaturated/α-hetero) is 1. The van der Waals surface area contributed by atoms with E-state index in [2.05, 4.69) is 0 Å². The fourth-order valence-electron chi connectivity index (χ4n) is 1.62. The van der Waals surface area contributed by atoms with Crippen LogP contribution in [-0.2, 0) is 4.79 Å². The summed E-state index contributed by atoms with van der Waals surface area (Å²) in [7, 11) is 0. The molecule has 0 aliphatic carbocycles. The van der Waals surface area contributed by atoms with Crippen molar-refractivity contribution in [3.8, 4) is 5.75 Å². The second kappa shape index (κ2) is 4.35. The van der Waals surface area contributed by atoms with Crippen LogP contribution in [0.5, 0.6) is 5.75 Å². The summed E-state index contributed by atoms with van der Waals surface area (Å²) in [5.41, 5.74) is 0.904. The van der Waals surface area contributed by atoms with Crippen molar-refractivity contribution in [1.82, 2.24) is 4.90 Å². The molecule has 1 aliphatic rings. The molecule has 84 valence electrons. The maximum atomic E-state index is 11.7. The number of ketones is 1. The molecule has 2 rings (SSSR count). The van der Waals surface area contributed by atoms with E-state index in [0.29, 0.717) is 18.7 Å². The lowest BCUT2D eigenvalue weighted by Crippen LogP contribution is -2.31. The summed E-state index contributed by atoms with van der Waals surface area (Å²) in [6, 6.07) is 7.31. The lowest BCUT2D eigenvalue weighted by Gasteiger charge is -2.14. The zero-order chi connectivity index (χ0) is 11.5. The zero-order valence-corrected chi connectivity index (χ0v) is 9.10. The van der Waals surface area contributed by atoms with Crippen LogP contribution in [0, 0.1) is 6.92 Å². The third-order valence-electron chi connectivity index (χ3n) is 2.58. The summed E-state index contributed by atoms with van der Waals surface area (Å²) in [4.78, 5) is 24.1. The number of amides is 1. The van der Waals surface area contributed by atoms with Crippen molar-refractivity contribution in [1.29, 1.82) is 0 Å². The molecular formula is C12H13NO3. The highest BCUT2D eigenvalue weighted by molar-refractivity contribution is 5.87. The second-order valence-electron chi connectivity index (χ2n) is 3.84. The second-order valence-corrected chi connectivity index (χ2v) is 3.84. The van der Waals surface area contributed by atoms with Gasteiger partial charge < -0.3 is 9.64 Å². The van der Waals surface area contributed by atoms with Crippen molar-refractivity contribution in [3.63, 3.8) is 0 Å². The van der Waals surface area contributed by atoms with Crippen LogP contribution in [0.4, 0.5) is 4.79 Å². The first-order chi connectivity index (χ1) is 7.66. The Balaban J connectivity index is 2.03. The number of hydrogen-bond acceptors (Lipinski definition) is 3. The van der Waals surface area contributed by atoms with E-state index < -0.39 is 6.09 Å². The number of benzene rings is 1. The topological polar surface area (TPSA) is 46.6 Å². The standard InChI is InChI=1S/C12H13NO3/c1-9-4-2-3-5-11(9)16-12(15)13-7-6-10(14)8-13/h2-5H,6-8H2,1H3. The summed E-state index contributed by atoms with van der Waals surface area (Å²) < 4.78 is 5.21. The molecule has 0 atom stereocenters. The van der Waals surface area contributed by atoms with Gasteiger partial charge in [-0.1, -0.05) is 18.2 Å². The molecule has 16 heavy (non-hydrogen) atoms. The van der Waals surface area contributed by atoms with Crippen LogP contribution in [-0.4, -0.2) is 29.9 Å². The first-order valence-electron chi connectivity index (χ1n) is 5.21. The SMILES string of the molecule is Cc1ccccc1OC(=O)N1CCC(=O)C1. The van der Waals surface area contributed by atoms with Crippen molar-refractivity contribution in [2.75, 3.05) is 13.1 Å². The summed E-state index contributed by atoms with van der Waals surface area (Å²) >= 11 is 0. The van der Waals surface area contributed by atoms with Gasteiger partial charge in [0, 0.05) is 13.0 Å². The lowest BCUT2D eigenvalue weighted by atomic mass is 10.2. The van der Waals surface area contributed by atoms with Crippen molar-refractivity contribution in [3.05, 3.63) is 29.8 Å². The van der Waals surface area contributed by atoms with Crippen molar-refractivity contribution in [2.45, 2.75) is 13.3 Å². The number of nitrogens with zero attached hydrogens (tertiary/aromatic N) is 1. The molecule has 0 aromatic heterocycles. The first-order valence-corrected chi connectivity index (χ1v) is 5.21. The maximum absolute atomic E-state index is 11.7. The minimum absolute atomic E-state index is 0.0849. The number of carbonyl (C=O) groups excluding carboxylic acids is 2. The molecular weight excluding hydrogens is 206 g/mol. The molecule has 1 saturated heterocycles. The van der Waals surface area contributed by atoms with Gasteiger partial charge in [0.2, 0.25) is 0 Å². The van der Waals surface area contributed by atoms with E-state index in [1.165, 1.54) is 4.90 Å². The molecule has 0 bridgehead atoms. The molecule has 1 aliphatic heterocycles. The Kier molecular flexibility index (Phi) is 2.90. The number of likely N-dealkylation sites (tertiary alicyclic amines) is 1. The number of aryl methyl sites for hydroxylation is 1. The molecule has 0 spiro atoms. The summed E-state index contributed by atoms with van der Waals surface area (Å²) in [5.74, 6) is 0.633. The van der Waals surface area contributed by atoms with Crippen molar-refractivity contribution >= 4 is 11.9 Å². The first kappa shape index (κ1) is 10.7. The lowest BCUT2D eigenvalue weighted by molar-refractivity contribution is -0.116. The van der Waals surface area contributed by atoms with Crippen LogP contribution in [0.2, 0.25) is 0 Å². The Morgan fingerprint density at radius 2 is 2.12 bits per heavy atom. The highest BCUT2D eigenvalue weighted by Crippen LogP contribution is 2.18. The largest absolute Gasteiger partial charge is 0.415 e. The molecule has 1 aromatic carbocycles. The highest BCUT2D eigenvalue weighted by Gasteiger charge is 2.25. The fourth-order valence-corrected chi connectivity index (χ4v) is 1.62. The summed E-state index contributed by atoms with van der Waals surface area (Å²) in [6.45, 7) is 2.51. The van der Waals surface area contributed by atoms with Gasteiger partial charge in [-0.05, 0) is 18.6 Å². The average Bonchev–Trinajstić information content (AvgIpc) is 2.68. The van der Waals surface area contributed by atoms with Crippen LogP contribution in [0.3, 0.4) is 0 Å². The van der Waals surface area contributed by atoms with Crippen LogP contribution >= 0.6 is 0 Å². The third kappa shape index (κ3) is 2.21. The Labute approximate surface area is 93.8 Å². The number of hydrogen-bond donors (Lipinski definition) is 0. The van der Waals surface area contributed by atoms with Gasteiger partial charge in [-0.3, -0.25) is 4.79 Å². The minimum Gasteiger partial charge on any atom is -0.410 e. The maximum Gasteiger partial charge on any atom is 0.415 e. The quantitative estimate of drug-likeness (QED) is 0.723. The molecule has 1 fully saturated rings. The molecule has 0 N–H and O–H groups in total. The Morgan fingerprint density at radius 3 is 2.75 bits per heavy atom. The van der Waals surface area contributed by atoms with E-state index in [1.54, 1.807) is 6.07 Å². The Hall–Kier alpha value is -1.84. The monoisotopic (exact) mass is 219 g/mol. The molecule has 4 heteroatoms. The number of ether oxygens (including phenoxy) is 1. The van der Waals surface area contributed by atoms with E-state index >= 15 is 0 Å². The van der Waals surface area contributed by atoms with E-state index in [-0.39, 0.29) is 12.3 Å². The van der Waals surface area contributed by atoms with Gasteiger partial charge >= 0.3 is 6.09 Å². The molecule has 1 heterocycles. The average molecular weight is 219 g/mol. The third-order valence-corrected chi connectivity index (χ3v) is 2.58. The smallest absolute Gasteiger partial charge is 0.410 e. The van der Waals surface area contributed by atoms with Gasteiger partial charge in [0.25, 0.3) is 0 Å². The van der Waals surface area contributed by atoms with Gasteiger partial charge in [-0.2, -0.15) is 0 Å². The zero-order valence-electron chi connectivity index (χ0n) is 9.10. The van der Waals surface area contributed by atoms with Gasteiger partial charge in [0.1, 0.15) is 5.75 Å². The van der Waals surface area contributed by atoms with Crippen LogP contribution in [0.15, 0.2) is 24.3 Å². The van der Waals surface area contributed by atoms with E-state index in [9.17, 15) is 9.59 Å². The van der Waals surface area contributed by atoms with Gasteiger partial charge in [-0.25, -0.2) is 4.79 Å². The van der Waals surface area contributed by atoms with Crippen molar-refractivity contribution < 1.29 is 14.3 Å². The van der Waals surface area contributed by atoms with E-state index in [1.807, 2.05) is 25.1 Å². The van der Waals surface area contributed by atoms with Crippen molar-refractivity contribution in [2.24, 2.45) is 0 Å². The van der Waals surface area contributed by atoms with Gasteiger partial charge in [0.05, 0.1) is 6.54 Å². The number of carbonyl (C=O) groups is 2. The molecule has 1 aromatic rings. The fraction of sp³-hybridized carbons (Fsp3) is 0.333. The Morgan fingerprint density at radius 1 is 1.38 bits per heavy atom. The van der Waals surface area contributed by atoms with Gasteiger partial charge in [-0.15, -0.1) is 0 Å². The van der Waals surface area contributed by atoms with Crippen LogP contribution in [0.25, 0.3) is 0 Å². The van der Waals surface area contributed by atoms with Crippen LogP contribution < -0.4 is 4.74 Å². The molecule has 1 amide bonds. The molecule has 4 nitrogen and oxygen atoms in total. The predicted octanol–water partition coefficient (Wildman–Crippen LogP) is 1.77. The van der Waals surface area contributed by atoms with Crippen LogP contribution in [0.1, 0.15) is 12.0 Å². The molecule has 0 unspecified atom stereocenters. The molecule has 0 radical (unpaired) electrons. The van der Waals surface area contributed by atoms with E-state index in [4.69, 9.17) is 4.74 Å². The Bertz CT molecular complexity index is 428. The number of rotatable bonds is 1. The van der Waals surface area contributed by atoms with Gasteiger partial charge in [0.15, 0.2) is 5.78 Å². The number of para-hydroxylation sites is 1. The normalized spacial score (nSPS) is 15.3. The van der Waals surface area contributed by atoms with E-state index in [0.717, 1.165) is 5.56 Å². The summed E-state index contributed by atoms with van der Waals surface area (Å²) in [6.07, 6.45) is -0.0109. The highest BCUT2D eigenvalue weighted by atomic mass is 16.6. The molecule has 0 saturated carbocycles.